The summed E-state index contributed by atoms with van der Waals surface area (Å²) >= 11 is 1.59. The molecule has 1 aliphatic rings. The van der Waals surface area contributed by atoms with Gasteiger partial charge in [0.25, 0.3) is 0 Å². The molecule has 110 valence electrons. The summed E-state index contributed by atoms with van der Waals surface area (Å²) in [6.07, 6.45) is 1.07. The largest absolute Gasteiger partial charge is 0.385 e. The van der Waals surface area contributed by atoms with E-state index in [4.69, 9.17) is 4.74 Å². The predicted molar refractivity (Wildman–Crippen MR) is 77.4 cm³/mol. The molecule has 1 fully saturated rings. The van der Waals surface area contributed by atoms with Gasteiger partial charge in [-0.3, -0.25) is 9.59 Å². The second-order valence-electron chi connectivity index (χ2n) is 4.91. The molecule has 2 unspecified atom stereocenters. The van der Waals surface area contributed by atoms with Crippen LogP contribution in [0, 0.1) is 5.92 Å². The molecule has 5 nitrogen and oxygen atoms in total. The maximum atomic E-state index is 12.3. The van der Waals surface area contributed by atoms with E-state index in [1.165, 1.54) is 0 Å². The van der Waals surface area contributed by atoms with Crippen LogP contribution < -0.4 is 5.32 Å². The molecule has 2 heterocycles. The van der Waals surface area contributed by atoms with E-state index in [-0.39, 0.29) is 30.2 Å². The molecule has 2 amide bonds. The molecule has 0 saturated carbocycles. The third-order valence-corrected chi connectivity index (χ3v) is 4.53. The van der Waals surface area contributed by atoms with Gasteiger partial charge >= 0.3 is 0 Å². The van der Waals surface area contributed by atoms with Crippen LogP contribution in [0.15, 0.2) is 17.5 Å². The van der Waals surface area contributed by atoms with Gasteiger partial charge in [0.1, 0.15) is 0 Å². The van der Waals surface area contributed by atoms with Crippen LogP contribution in [0.1, 0.15) is 23.8 Å². The number of ether oxygens (including phenoxy) is 1. The van der Waals surface area contributed by atoms with Gasteiger partial charge in [-0.25, -0.2) is 0 Å². The van der Waals surface area contributed by atoms with Gasteiger partial charge in [-0.2, -0.15) is 0 Å². The molecule has 0 radical (unpaired) electrons. The van der Waals surface area contributed by atoms with E-state index < -0.39 is 0 Å². The number of likely N-dealkylation sites (tertiary alicyclic amines) is 1. The summed E-state index contributed by atoms with van der Waals surface area (Å²) < 4.78 is 4.95. The summed E-state index contributed by atoms with van der Waals surface area (Å²) in [5, 5.41) is 4.87. The van der Waals surface area contributed by atoms with Gasteiger partial charge in [0.05, 0.1) is 12.0 Å². The summed E-state index contributed by atoms with van der Waals surface area (Å²) in [4.78, 5) is 26.9. The first-order valence-corrected chi connectivity index (χ1v) is 7.59. The molecule has 0 aliphatic carbocycles. The van der Waals surface area contributed by atoms with E-state index >= 15 is 0 Å². The third-order valence-electron chi connectivity index (χ3n) is 3.58. The molecule has 1 aromatic rings. The molecule has 0 aromatic carbocycles. The van der Waals surface area contributed by atoms with Crippen LogP contribution in [-0.4, -0.2) is 44.0 Å². The van der Waals surface area contributed by atoms with E-state index in [9.17, 15) is 9.59 Å². The second kappa shape index (κ2) is 6.85. The maximum absolute atomic E-state index is 12.3. The standard InChI is InChI=1S/C14H20N2O3S/c1-16-12(17)9-10(13(16)11-5-3-8-20-11)14(18)15-6-4-7-19-2/h3,5,8,10,13H,4,6-7,9H2,1-2H3,(H,15,18). The van der Waals surface area contributed by atoms with Crippen molar-refractivity contribution in [2.75, 3.05) is 27.3 Å². The van der Waals surface area contributed by atoms with Crippen LogP contribution in [0.25, 0.3) is 0 Å². The van der Waals surface area contributed by atoms with Gasteiger partial charge in [-0.1, -0.05) is 6.07 Å². The number of nitrogens with zero attached hydrogens (tertiary/aromatic N) is 1. The number of methoxy groups -OCH3 is 1. The Morgan fingerprint density at radius 3 is 3.05 bits per heavy atom. The molecule has 1 aliphatic heterocycles. The van der Waals surface area contributed by atoms with Crippen molar-refractivity contribution in [1.82, 2.24) is 10.2 Å². The lowest BCUT2D eigenvalue weighted by molar-refractivity contribution is -0.128. The number of rotatable bonds is 6. The first-order chi connectivity index (χ1) is 9.65. The smallest absolute Gasteiger partial charge is 0.226 e. The Balaban J connectivity index is 2.01. The summed E-state index contributed by atoms with van der Waals surface area (Å²) in [6, 6.07) is 3.80. The SMILES string of the molecule is COCCCNC(=O)C1CC(=O)N(C)C1c1cccs1. The van der Waals surface area contributed by atoms with Crippen molar-refractivity contribution < 1.29 is 14.3 Å². The average molecular weight is 296 g/mol. The van der Waals surface area contributed by atoms with Crippen molar-refractivity contribution in [2.45, 2.75) is 18.9 Å². The van der Waals surface area contributed by atoms with Crippen LogP contribution in [0.5, 0.6) is 0 Å². The maximum Gasteiger partial charge on any atom is 0.226 e. The monoisotopic (exact) mass is 296 g/mol. The van der Waals surface area contributed by atoms with Crippen molar-refractivity contribution in [2.24, 2.45) is 5.92 Å². The number of hydrogen-bond acceptors (Lipinski definition) is 4. The van der Waals surface area contributed by atoms with Crippen LogP contribution in [0.2, 0.25) is 0 Å². The number of amides is 2. The molecule has 2 atom stereocenters. The van der Waals surface area contributed by atoms with Gasteiger partial charge in [-0.05, 0) is 17.9 Å². The highest BCUT2D eigenvalue weighted by Gasteiger charge is 2.42. The fraction of sp³-hybridized carbons (Fsp3) is 0.571. The normalized spacial score (nSPS) is 22.3. The van der Waals surface area contributed by atoms with E-state index in [2.05, 4.69) is 5.32 Å². The van der Waals surface area contributed by atoms with Crippen molar-refractivity contribution in [3.8, 4) is 0 Å². The Morgan fingerprint density at radius 1 is 1.60 bits per heavy atom. The van der Waals surface area contributed by atoms with E-state index in [0.29, 0.717) is 13.2 Å². The minimum Gasteiger partial charge on any atom is -0.385 e. The van der Waals surface area contributed by atoms with E-state index in [1.54, 1.807) is 30.4 Å². The highest BCUT2D eigenvalue weighted by atomic mass is 32.1. The van der Waals surface area contributed by atoms with Crippen LogP contribution in [0.3, 0.4) is 0 Å². The predicted octanol–water partition coefficient (Wildman–Crippen LogP) is 1.42. The minimum atomic E-state index is -0.298. The Kier molecular flexibility index (Phi) is 5.14. The summed E-state index contributed by atoms with van der Waals surface area (Å²) in [5.41, 5.74) is 0. The molecule has 20 heavy (non-hydrogen) atoms. The Morgan fingerprint density at radius 2 is 2.40 bits per heavy atom. The van der Waals surface area contributed by atoms with Gasteiger partial charge in [0, 0.05) is 38.6 Å². The van der Waals surface area contributed by atoms with Crippen molar-refractivity contribution in [3.63, 3.8) is 0 Å². The molecule has 2 rings (SSSR count). The number of thiophene rings is 1. The molecular weight excluding hydrogens is 276 g/mol. The quantitative estimate of drug-likeness (QED) is 0.808. The Bertz CT molecular complexity index is 461. The molecule has 0 bridgehead atoms. The highest BCUT2D eigenvalue weighted by molar-refractivity contribution is 7.10. The number of nitrogens with one attached hydrogen (secondary N) is 1. The van der Waals surface area contributed by atoms with Gasteiger partial charge < -0.3 is 15.0 Å². The van der Waals surface area contributed by atoms with Crippen molar-refractivity contribution >= 4 is 23.2 Å². The van der Waals surface area contributed by atoms with Gasteiger partial charge in [-0.15, -0.1) is 11.3 Å². The third kappa shape index (κ3) is 3.19. The zero-order chi connectivity index (χ0) is 14.5. The van der Waals surface area contributed by atoms with E-state index in [1.807, 2.05) is 17.5 Å². The minimum absolute atomic E-state index is 0.0282. The molecule has 6 heteroatoms. The van der Waals surface area contributed by atoms with Gasteiger partial charge in [0.15, 0.2) is 0 Å². The molecule has 1 N–H and O–H groups in total. The molecule has 0 spiro atoms. The van der Waals surface area contributed by atoms with Crippen molar-refractivity contribution in [1.29, 1.82) is 0 Å². The number of carbonyl (C=O) groups excluding carboxylic acids is 2. The highest BCUT2D eigenvalue weighted by Crippen LogP contribution is 2.38. The lowest BCUT2D eigenvalue weighted by Gasteiger charge is -2.23. The van der Waals surface area contributed by atoms with Gasteiger partial charge in [0.2, 0.25) is 11.8 Å². The first kappa shape index (κ1) is 15.0. The summed E-state index contributed by atoms with van der Waals surface area (Å²) in [7, 11) is 3.41. The van der Waals surface area contributed by atoms with Crippen LogP contribution in [0.4, 0.5) is 0 Å². The molecule has 1 saturated heterocycles. The molecule has 1 aromatic heterocycles. The second-order valence-corrected chi connectivity index (χ2v) is 5.89. The first-order valence-electron chi connectivity index (χ1n) is 6.71. The Labute approximate surface area is 122 Å². The lowest BCUT2D eigenvalue weighted by Crippen LogP contribution is -2.35. The zero-order valence-corrected chi connectivity index (χ0v) is 12.6. The fourth-order valence-corrected chi connectivity index (χ4v) is 3.45. The van der Waals surface area contributed by atoms with E-state index in [0.717, 1.165) is 11.3 Å². The topological polar surface area (TPSA) is 58.6 Å². The number of carbonyl (C=O) groups is 2. The fourth-order valence-electron chi connectivity index (χ4n) is 2.51. The summed E-state index contributed by atoms with van der Waals surface area (Å²) in [6.45, 7) is 1.20. The van der Waals surface area contributed by atoms with Crippen LogP contribution >= 0.6 is 11.3 Å². The Hall–Kier alpha value is -1.40. The van der Waals surface area contributed by atoms with Crippen molar-refractivity contribution in [3.05, 3.63) is 22.4 Å². The lowest BCUT2D eigenvalue weighted by atomic mass is 9.98. The zero-order valence-electron chi connectivity index (χ0n) is 11.8. The average Bonchev–Trinajstić information content (AvgIpc) is 3.04. The summed E-state index contributed by atoms with van der Waals surface area (Å²) in [5.74, 6) is -0.314. The number of hydrogen-bond donors (Lipinski definition) is 1. The molecular formula is C14H20N2O3S. The van der Waals surface area contributed by atoms with Crippen LogP contribution in [-0.2, 0) is 14.3 Å².